The minimum atomic E-state index is -3.83. The monoisotopic (exact) mass is 511 g/mol. The summed E-state index contributed by atoms with van der Waals surface area (Å²) in [5, 5.41) is 10.6. The van der Waals surface area contributed by atoms with Crippen LogP contribution < -0.4 is 4.72 Å². The van der Waals surface area contributed by atoms with E-state index >= 15 is 0 Å². The summed E-state index contributed by atoms with van der Waals surface area (Å²) in [6, 6.07) is 6.13. The number of aliphatic hydroxyl groups is 1. The van der Waals surface area contributed by atoms with Gasteiger partial charge in [0.25, 0.3) is 15.9 Å². The molecule has 34 heavy (non-hydrogen) atoms. The van der Waals surface area contributed by atoms with E-state index in [4.69, 9.17) is 0 Å². The van der Waals surface area contributed by atoms with Crippen molar-refractivity contribution in [1.82, 2.24) is 4.90 Å². The molecule has 11 heteroatoms. The second-order valence-corrected chi connectivity index (χ2v) is 11.7. The van der Waals surface area contributed by atoms with Crippen molar-refractivity contribution in [2.75, 3.05) is 17.8 Å². The lowest BCUT2D eigenvalue weighted by Gasteiger charge is -2.38. The summed E-state index contributed by atoms with van der Waals surface area (Å²) in [7, 11) is -3.83. The number of hydrogen-bond donors (Lipinski definition) is 2. The normalized spacial score (nSPS) is 22.1. The standard InChI is InChI=1S/C23H27F2N3O4S2/c1-22(24,25)9-10-23(30)11-13-28(14-12-23)21(29)16-5-7-17(8-6-16)27-34(31,32)19-4-2-3-18-20(19)26-15-33-18/h2,4-8,15,18,27,30H,3,9-14H2,1H3. The highest BCUT2D eigenvalue weighted by atomic mass is 32.2. The molecule has 2 N–H and O–H groups in total. The van der Waals surface area contributed by atoms with Gasteiger partial charge >= 0.3 is 0 Å². The molecule has 7 nitrogen and oxygen atoms in total. The predicted molar refractivity (Wildman–Crippen MR) is 130 cm³/mol. The number of anilines is 1. The number of halogens is 2. The Balaban J connectivity index is 1.37. The SMILES string of the molecule is CC(F)(F)CCC1(O)CCN(C(=O)c2ccc(NS(=O)(=O)C3=C4N=CSC4CC=C3)cc2)CC1. The molecule has 4 rings (SSSR count). The maximum atomic E-state index is 13.1. The number of likely N-dealkylation sites (tertiary alicyclic amines) is 1. The van der Waals surface area contributed by atoms with E-state index in [1.807, 2.05) is 6.08 Å². The van der Waals surface area contributed by atoms with Crippen molar-refractivity contribution in [2.24, 2.45) is 4.99 Å². The zero-order chi connectivity index (χ0) is 24.6. The average Bonchev–Trinajstić information content (AvgIpc) is 3.27. The molecule has 1 aromatic carbocycles. The van der Waals surface area contributed by atoms with E-state index in [9.17, 15) is 27.1 Å². The molecule has 1 fully saturated rings. The van der Waals surface area contributed by atoms with Crippen LogP contribution in [0, 0.1) is 0 Å². The third-order valence-corrected chi connectivity index (χ3v) is 8.68. The van der Waals surface area contributed by atoms with E-state index in [0.717, 1.165) is 13.3 Å². The number of thioether (sulfide) groups is 1. The van der Waals surface area contributed by atoms with Gasteiger partial charge < -0.3 is 10.0 Å². The van der Waals surface area contributed by atoms with Crippen LogP contribution in [0.15, 0.2) is 52.0 Å². The van der Waals surface area contributed by atoms with Gasteiger partial charge in [0.15, 0.2) is 0 Å². The minimum absolute atomic E-state index is 0.00848. The number of carbonyl (C=O) groups excluding carboxylic acids is 1. The molecule has 1 unspecified atom stereocenters. The maximum absolute atomic E-state index is 13.1. The van der Waals surface area contributed by atoms with Crippen molar-refractivity contribution < 1.29 is 27.1 Å². The summed E-state index contributed by atoms with van der Waals surface area (Å²) in [5.74, 6) is -3.08. The molecule has 184 valence electrons. The molecular weight excluding hydrogens is 484 g/mol. The Labute approximate surface area is 202 Å². The molecule has 0 radical (unpaired) electrons. The molecule has 1 aromatic rings. The van der Waals surface area contributed by atoms with Gasteiger partial charge in [0.1, 0.15) is 4.91 Å². The first kappa shape index (κ1) is 24.9. The number of sulfonamides is 1. The summed E-state index contributed by atoms with van der Waals surface area (Å²) >= 11 is 1.49. The topological polar surface area (TPSA) is 99.1 Å². The molecule has 0 bridgehead atoms. The van der Waals surface area contributed by atoms with Crippen molar-refractivity contribution in [3.63, 3.8) is 0 Å². The quantitative estimate of drug-likeness (QED) is 0.573. The van der Waals surface area contributed by atoms with E-state index in [0.29, 0.717) is 16.9 Å². The third-order valence-electron chi connectivity index (χ3n) is 6.28. The molecule has 2 aliphatic heterocycles. The third kappa shape index (κ3) is 5.69. The molecule has 3 aliphatic rings. The number of nitrogens with one attached hydrogen (secondary N) is 1. The van der Waals surface area contributed by atoms with Crippen LogP contribution in [0.2, 0.25) is 0 Å². The Bertz CT molecular complexity index is 1130. The molecule has 0 aromatic heterocycles. The number of benzene rings is 1. The molecule has 1 amide bonds. The van der Waals surface area contributed by atoms with E-state index < -0.39 is 28.0 Å². The van der Waals surface area contributed by atoms with Gasteiger partial charge in [0.05, 0.1) is 22.1 Å². The van der Waals surface area contributed by atoms with Gasteiger partial charge in [-0.25, -0.2) is 17.2 Å². The number of alkyl halides is 2. The Morgan fingerprint density at radius 1 is 1.29 bits per heavy atom. The smallest absolute Gasteiger partial charge is 0.263 e. The summed E-state index contributed by atoms with van der Waals surface area (Å²) in [6.45, 7) is 1.37. The van der Waals surface area contributed by atoms with Crippen LogP contribution in [-0.2, 0) is 10.0 Å². The fourth-order valence-electron chi connectivity index (χ4n) is 4.21. The fraction of sp³-hybridized carbons (Fsp3) is 0.478. The van der Waals surface area contributed by atoms with Crippen LogP contribution in [0.4, 0.5) is 14.5 Å². The van der Waals surface area contributed by atoms with Crippen LogP contribution in [0.3, 0.4) is 0 Å². The lowest BCUT2D eigenvalue weighted by atomic mass is 9.86. The molecule has 1 atom stereocenters. The fourth-order valence-corrected chi connectivity index (χ4v) is 6.45. The van der Waals surface area contributed by atoms with Gasteiger partial charge in [-0.05, 0) is 62.9 Å². The van der Waals surface area contributed by atoms with Gasteiger partial charge in [-0.15, -0.1) is 11.8 Å². The Hall–Kier alpha value is -2.24. The first-order valence-corrected chi connectivity index (χ1v) is 13.5. The summed E-state index contributed by atoms with van der Waals surface area (Å²) in [6.07, 6.45) is 4.18. The second-order valence-electron chi connectivity index (χ2n) is 9.02. The van der Waals surface area contributed by atoms with Crippen LogP contribution in [-0.4, -0.2) is 59.7 Å². The summed E-state index contributed by atoms with van der Waals surface area (Å²) in [5.41, 5.74) is 1.71. The minimum Gasteiger partial charge on any atom is -0.390 e. The Morgan fingerprint density at radius 3 is 2.62 bits per heavy atom. The average molecular weight is 512 g/mol. The molecular formula is C23H27F2N3O4S2. The Kier molecular flexibility index (Phi) is 6.90. The number of fused-ring (bicyclic) bond motifs is 1. The molecule has 0 spiro atoms. The number of amides is 1. The number of hydrogen-bond acceptors (Lipinski definition) is 6. The number of carbonyl (C=O) groups is 1. The lowest BCUT2D eigenvalue weighted by Crippen LogP contribution is -2.47. The zero-order valence-electron chi connectivity index (χ0n) is 18.7. The van der Waals surface area contributed by atoms with Gasteiger partial charge in [0, 0.05) is 30.8 Å². The van der Waals surface area contributed by atoms with Gasteiger partial charge in [-0.2, -0.15) is 0 Å². The number of rotatable bonds is 7. The van der Waals surface area contributed by atoms with Gasteiger partial charge in [-0.3, -0.25) is 14.5 Å². The summed E-state index contributed by atoms with van der Waals surface area (Å²) < 4.78 is 54.6. The second kappa shape index (κ2) is 9.43. The Morgan fingerprint density at radius 2 is 1.97 bits per heavy atom. The highest BCUT2D eigenvalue weighted by Gasteiger charge is 2.36. The van der Waals surface area contributed by atoms with E-state index in [-0.39, 0.29) is 48.4 Å². The number of piperidine rings is 1. The zero-order valence-corrected chi connectivity index (χ0v) is 20.3. The van der Waals surface area contributed by atoms with Crippen molar-refractivity contribution in [3.05, 3.63) is 52.6 Å². The first-order valence-electron chi connectivity index (χ1n) is 11.1. The molecule has 1 saturated heterocycles. The van der Waals surface area contributed by atoms with E-state index in [1.165, 1.54) is 23.9 Å². The number of allylic oxidation sites excluding steroid dienone is 2. The summed E-state index contributed by atoms with van der Waals surface area (Å²) in [4.78, 5) is 18.8. The van der Waals surface area contributed by atoms with E-state index in [1.54, 1.807) is 28.7 Å². The van der Waals surface area contributed by atoms with Gasteiger partial charge in [0.2, 0.25) is 5.92 Å². The number of nitrogens with zero attached hydrogens (tertiary/aromatic N) is 2. The van der Waals surface area contributed by atoms with Crippen LogP contribution >= 0.6 is 11.8 Å². The van der Waals surface area contributed by atoms with Crippen molar-refractivity contribution in [1.29, 1.82) is 0 Å². The van der Waals surface area contributed by atoms with E-state index in [2.05, 4.69) is 9.71 Å². The number of aliphatic imine (C=N–C) groups is 1. The first-order chi connectivity index (χ1) is 16.0. The molecule has 0 saturated carbocycles. The van der Waals surface area contributed by atoms with Crippen molar-refractivity contribution >= 4 is 38.9 Å². The highest BCUT2D eigenvalue weighted by molar-refractivity contribution is 8.13. The lowest BCUT2D eigenvalue weighted by molar-refractivity contribution is -0.0570. The van der Waals surface area contributed by atoms with Gasteiger partial charge in [-0.1, -0.05) is 6.08 Å². The van der Waals surface area contributed by atoms with Crippen molar-refractivity contribution in [3.8, 4) is 0 Å². The van der Waals surface area contributed by atoms with Crippen LogP contribution in [0.1, 0.15) is 49.4 Å². The maximum Gasteiger partial charge on any atom is 0.263 e. The highest BCUT2D eigenvalue weighted by Crippen LogP contribution is 2.36. The predicted octanol–water partition coefficient (Wildman–Crippen LogP) is 4.15. The van der Waals surface area contributed by atoms with Crippen LogP contribution in [0.5, 0.6) is 0 Å². The van der Waals surface area contributed by atoms with Crippen LogP contribution in [0.25, 0.3) is 0 Å². The van der Waals surface area contributed by atoms with Crippen molar-refractivity contribution in [2.45, 2.75) is 55.8 Å². The molecule has 1 aliphatic carbocycles. The molecule has 2 heterocycles. The largest absolute Gasteiger partial charge is 0.390 e.